The van der Waals surface area contributed by atoms with Crippen LogP contribution in [0.2, 0.25) is 0 Å². The monoisotopic (exact) mass is 366 g/mol. The predicted octanol–water partition coefficient (Wildman–Crippen LogP) is 3.32. The van der Waals surface area contributed by atoms with Crippen LogP contribution in [0.1, 0.15) is 21.8 Å². The summed E-state index contributed by atoms with van der Waals surface area (Å²) in [5, 5.41) is 5.91. The minimum atomic E-state index is -0.0424. The average molecular weight is 366 g/mol. The molecule has 1 aliphatic heterocycles. The third kappa shape index (κ3) is 4.03. The van der Waals surface area contributed by atoms with Gasteiger partial charge in [-0.1, -0.05) is 36.4 Å². The minimum Gasteiger partial charge on any atom is -0.454 e. The summed E-state index contributed by atoms with van der Waals surface area (Å²) >= 11 is 1.59. The third-order valence-electron chi connectivity index (χ3n) is 4.07. The Hall–Kier alpha value is -2.86. The molecule has 0 fully saturated rings. The van der Waals surface area contributed by atoms with Gasteiger partial charge in [0.25, 0.3) is 0 Å². The molecule has 3 aromatic rings. The molecule has 0 atom stereocenters. The fraction of sp³-hybridized carbons (Fsp3) is 0.200. The quantitative estimate of drug-likeness (QED) is 0.727. The van der Waals surface area contributed by atoms with Gasteiger partial charge in [-0.15, -0.1) is 11.3 Å². The second kappa shape index (κ2) is 7.58. The molecule has 132 valence electrons. The molecule has 0 bridgehead atoms. The highest BCUT2D eigenvalue weighted by Crippen LogP contribution is 2.32. The molecule has 26 heavy (non-hydrogen) atoms. The highest BCUT2D eigenvalue weighted by atomic mass is 32.1. The Kier molecular flexibility index (Phi) is 4.84. The zero-order valence-electron chi connectivity index (χ0n) is 14.1. The summed E-state index contributed by atoms with van der Waals surface area (Å²) in [7, 11) is 0. The number of carbonyl (C=O) groups excluding carboxylic acids is 1. The van der Waals surface area contributed by atoms with E-state index < -0.39 is 0 Å². The molecule has 0 saturated carbocycles. The Labute approximate surface area is 155 Å². The molecule has 1 aromatic heterocycles. The molecule has 0 spiro atoms. The summed E-state index contributed by atoms with van der Waals surface area (Å²) in [5.41, 5.74) is 3.01. The van der Waals surface area contributed by atoms with E-state index in [1.807, 2.05) is 41.8 Å². The van der Waals surface area contributed by atoms with E-state index in [2.05, 4.69) is 22.4 Å². The minimum absolute atomic E-state index is 0.0424. The molecule has 2 heterocycles. The lowest BCUT2D eigenvalue weighted by Gasteiger charge is -2.05. The van der Waals surface area contributed by atoms with Gasteiger partial charge in [0.1, 0.15) is 0 Å². The molecule has 0 radical (unpaired) electrons. The molecular weight excluding hydrogens is 348 g/mol. The van der Waals surface area contributed by atoms with Crippen LogP contribution in [0, 0.1) is 0 Å². The Morgan fingerprint density at radius 3 is 2.81 bits per heavy atom. The van der Waals surface area contributed by atoms with Crippen LogP contribution in [0.5, 0.6) is 11.5 Å². The standard InChI is InChI=1S/C20H18N2O3S/c23-19(21-11-15-6-7-17-18(8-15)25-13-24-17)10-16-12-26-20(22-16)9-14-4-2-1-3-5-14/h1-8,12H,9-11,13H2,(H,21,23). The Morgan fingerprint density at radius 2 is 1.92 bits per heavy atom. The fourth-order valence-corrected chi connectivity index (χ4v) is 3.59. The zero-order valence-corrected chi connectivity index (χ0v) is 14.9. The summed E-state index contributed by atoms with van der Waals surface area (Å²) in [5.74, 6) is 1.43. The maximum absolute atomic E-state index is 12.2. The van der Waals surface area contributed by atoms with E-state index in [4.69, 9.17) is 9.47 Å². The van der Waals surface area contributed by atoms with Gasteiger partial charge in [-0.2, -0.15) is 0 Å². The molecule has 1 N–H and O–H groups in total. The zero-order chi connectivity index (χ0) is 17.8. The lowest BCUT2D eigenvalue weighted by atomic mass is 10.2. The van der Waals surface area contributed by atoms with Crippen molar-refractivity contribution in [3.8, 4) is 11.5 Å². The number of amides is 1. The molecule has 5 nitrogen and oxygen atoms in total. The largest absolute Gasteiger partial charge is 0.454 e. The number of carbonyl (C=O) groups is 1. The topological polar surface area (TPSA) is 60.5 Å². The van der Waals surface area contributed by atoms with E-state index in [1.165, 1.54) is 5.56 Å². The van der Waals surface area contributed by atoms with Crippen LogP contribution in [0.4, 0.5) is 0 Å². The third-order valence-corrected chi connectivity index (χ3v) is 4.96. The molecule has 1 amide bonds. The molecule has 4 rings (SSSR count). The van der Waals surface area contributed by atoms with E-state index in [9.17, 15) is 4.79 Å². The SMILES string of the molecule is O=C(Cc1csc(Cc2ccccc2)n1)NCc1ccc2c(c1)OCO2. The molecule has 2 aromatic carbocycles. The van der Waals surface area contributed by atoms with E-state index in [0.717, 1.165) is 34.2 Å². The molecule has 0 unspecified atom stereocenters. The number of ether oxygens (including phenoxy) is 2. The number of benzene rings is 2. The number of fused-ring (bicyclic) bond motifs is 1. The molecule has 1 aliphatic rings. The van der Waals surface area contributed by atoms with Gasteiger partial charge in [0.05, 0.1) is 17.1 Å². The van der Waals surface area contributed by atoms with Crippen molar-refractivity contribution in [1.29, 1.82) is 0 Å². The van der Waals surface area contributed by atoms with Gasteiger partial charge in [-0.3, -0.25) is 4.79 Å². The Balaban J connectivity index is 1.29. The van der Waals surface area contributed by atoms with Crippen molar-refractivity contribution in [3.63, 3.8) is 0 Å². The lowest BCUT2D eigenvalue weighted by Crippen LogP contribution is -2.24. The average Bonchev–Trinajstić information content (AvgIpc) is 3.29. The Bertz CT molecular complexity index is 908. The molecule has 0 aliphatic carbocycles. The van der Waals surface area contributed by atoms with Crippen LogP contribution in [0.3, 0.4) is 0 Å². The first-order valence-electron chi connectivity index (χ1n) is 8.39. The number of hydrogen-bond donors (Lipinski definition) is 1. The van der Waals surface area contributed by atoms with Crippen LogP contribution < -0.4 is 14.8 Å². The lowest BCUT2D eigenvalue weighted by molar-refractivity contribution is -0.120. The van der Waals surface area contributed by atoms with Crippen LogP contribution in [-0.4, -0.2) is 17.7 Å². The highest BCUT2D eigenvalue weighted by Gasteiger charge is 2.14. The van der Waals surface area contributed by atoms with Crippen molar-refractivity contribution < 1.29 is 14.3 Å². The second-order valence-corrected chi connectivity index (χ2v) is 6.98. The van der Waals surface area contributed by atoms with Crippen molar-refractivity contribution in [2.75, 3.05) is 6.79 Å². The van der Waals surface area contributed by atoms with E-state index in [-0.39, 0.29) is 19.1 Å². The first kappa shape index (κ1) is 16.6. The summed E-state index contributed by atoms with van der Waals surface area (Å²) in [6, 6.07) is 15.9. The number of hydrogen-bond acceptors (Lipinski definition) is 5. The van der Waals surface area contributed by atoms with Gasteiger partial charge in [0.2, 0.25) is 12.7 Å². The first-order valence-corrected chi connectivity index (χ1v) is 9.27. The predicted molar refractivity (Wildman–Crippen MR) is 99.5 cm³/mol. The highest BCUT2D eigenvalue weighted by molar-refractivity contribution is 7.09. The number of rotatable bonds is 6. The van der Waals surface area contributed by atoms with Gasteiger partial charge in [0, 0.05) is 18.3 Å². The van der Waals surface area contributed by atoms with Crippen molar-refractivity contribution in [2.45, 2.75) is 19.4 Å². The van der Waals surface area contributed by atoms with Gasteiger partial charge in [-0.25, -0.2) is 4.98 Å². The number of thiazole rings is 1. The van der Waals surface area contributed by atoms with E-state index in [1.54, 1.807) is 11.3 Å². The summed E-state index contributed by atoms with van der Waals surface area (Å²) in [6.45, 7) is 0.705. The van der Waals surface area contributed by atoms with Gasteiger partial charge in [0.15, 0.2) is 11.5 Å². The summed E-state index contributed by atoms with van der Waals surface area (Å²) in [4.78, 5) is 16.8. The normalized spacial score (nSPS) is 12.2. The Morgan fingerprint density at radius 1 is 1.08 bits per heavy atom. The maximum Gasteiger partial charge on any atom is 0.231 e. The number of aromatic nitrogens is 1. The van der Waals surface area contributed by atoms with Gasteiger partial charge >= 0.3 is 0 Å². The van der Waals surface area contributed by atoms with Crippen LogP contribution >= 0.6 is 11.3 Å². The molecule has 0 saturated heterocycles. The van der Waals surface area contributed by atoms with Crippen molar-refractivity contribution in [1.82, 2.24) is 10.3 Å². The molecule has 6 heteroatoms. The van der Waals surface area contributed by atoms with E-state index in [0.29, 0.717) is 6.54 Å². The van der Waals surface area contributed by atoms with Crippen LogP contribution in [0.15, 0.2) is 53.9 Å². The van der Waals surface area contributed by atoms with E-state index >= 15 is 0 Å². The first-order chi connectivity index (χ1) is 12.8. The van der Waals surface area contributed by atoms with Gasteiger partial charge in [-0.05, 0) is 23.3 Å². The maximum atomic E-state index is 12.2. The second-order valence-electron chi connectivity index (χ2n) is 6.04. The van der Waals surface area contributed by atoms with Crippen molar-refractivity contribution >= 4 is 17.2 Å². The summed E-state index contributed by atoms with van der Waals surface area (Å²) < 4.78 is 10.6. The number of nitrogens with zero attached hydrogens (tertiary/aromatic N) is 1. The van der Waals surface area contributed by atoms with Crippen molar-refractivity contribution in [3.05, 3.63) is 75.7 Å². The van der Waals surface area contributed by atoms with Crippen molar-refractivity contribution in [2.24, 2.45) is 0 Å². The summed E-state index contributed by atoms with van der Waals surface area (Å²) in [6.07, 6.45) is 1.08. The number of nitrogens with one attached hydrogen (secondary N) is 1. The van der Waals surface area contributed by atoms with Crippen LogP contribution in [-0.2, 0) is 24.2 Å². The van der Waals surface area contributed by atoms with Gasteiger partial charge < -0.3 is 14.8 Å². The smallest absolute Gasteiger partial charge is 0.231 e. The fourth-order valence-electron chi connectivity index (χ4n) is 2.76. The van der Waals surface area contributed by atoms with Crippen LogP contribution in [0.25, 0.3) is 0 Å². The molecular formula is C20H18N2O3S.